The van der Waals surface area contributed by atoms with Crippen LogP contribution < -0.4 is 19.5 Å². The summed E-state index contributed by atoms with van der Waals surface area (Å²) in [7, 11) is 0.231. The average Bonchev–Trinajstić information content (AvgIpc) is 2.88. The van der Waals surface area contributed by atoms with Gasteiger partial charge in [-0.3, -0.25) is 9.59 Å². The Hall–Kier alpha value is -3.27. The van der Waals surface area contributed by atoms with Crippen LogP contribution in [0.2, 0.25) is 0 Å². The van der Waals surface area contributed by atoms with Crippen LogP contribution in [-0.2, 0) is 14.8 Å². The van der Waals surface area contributed by atoms with Gasteiger partial charge in [0.2, 0.25) is 11.7 Å². The summed E-state index contributed by atoms with van der Waals surface area (Å²) in [6, 6.07) is 8.81. The van der Waals surface area contributed by atoms with Gasteiger partial charge in [0.1, 0.15) is 11.4 Å². The van der Waals surface area contributed by atoms with E-state index in [-0.39, 0.29) is 10.5 Å². The van der Waals surface area contributed by atoms with Crippen molar-refractivity contribution in [2.75, 3.05) is 33.2 Å². The Balaban J connectivity index is 1.83. The predicted molar refractivity (Wildman–Crippen MR) is 99.4 cm³/mol. The zero-order valence-electron chi connectivity index (χ0n) is 15.4. The van der Waals surface area contributed by atoms with Crippen molar-refractivity contribution in [1.29, 1.82) is 0 Å². The van der Waals surface area contributed by atoms with Crippen LogP contribution in [0.15, 0.2) is 41.3 Å². The number of rotatable bonds is 6. The van der Waals surface area contributed by atoms with Crippen molar-refractivity contribution in [3.05, 3.63) is 42.0 Å². The number of hydrogen-bond acceptors (Lipinski definition) is 7. The molecule has 1 aliphatic heterocycles. The number of amides is 2. The number of fused-ring (bicyclic) bond motifs is 1. The Morgan fingerprint density at radius 2 is 1.64 bits per heavy atom. The molecule has 2 aromatic rings. The van der Waals surface area contributed by atoms with E-state index in [2.05, 4.69) is 5.32 Å². The molecule has 0 unspecified atom stereocenters. The average molecular weight is 406 g/mol. The molecule has 0 atom stereocenters. The number of anilines is 1. The molecule has 1 heterocycles. The predicted octanol–water partition coefficient (Wildman–Crippen LogP) is 1.50. The maximum Gasteiger partial charge on any atom is 0.269 e. The second-order valence-corrected chi connectivity index (χ2v) is 7.61. The van der Waals surface area contributed by atoms with E-state index in [1.807, 2.05) is 0 Å². The van der Waals surface area contributed by atoms with Crippen molar-refractivity contribution < 1.29 is 32.2 Å². The molecule has 0 radical (unpaired) electrons. The van der Waals surface area contributed by atoms with Gasteiger partial charge in [-0.15, -0.1) is 0 Å². The number of sulfonamides is 1. The highest BCUT2D eigenvalue weighted by Crippen LogP contribution is 2.40. The summed E-state index contributed by atoms with van der Waals surface area (Å²) in [6.07, 6.45) is 0. The van der Waals surface area contributed by atoms with Gasteiger partial charge in [0.25, 0.3) is 15.9 Å². The van der Waals surface area contributed by atoms with Crippen LogP contribution in [-0.4, -0.2) is 52.4 Å². The van der Waals surface area contributed by atoms with Crippen LogP contribution >= 0.6 is 0 Å². The molecule has 2 aromatic carbocycles. The summed E-state index contributed by atoms with van der Waals surface area (Å²) in [5.74, 6) is -0.464. The lowest BCUT2D eigenvalue weighted by atomic mass is 10.2. The van der Waals surface area contributed by atoms with Crippen LogP contribution in [0.25, 0.3) is 0 Å². The number of methoxy groups -OCH3 is 3. The molecule has 0 fully saturated rings. The molecule has 0 aliphatic carbocycles. The Labute approximate surface area is 161 Å². The van der Waals surface area contributed by atoms with Gasteiger partial charge in [0.05, 0.1) is 26.9 Å². The van der Waals surface area contributed by atoms with E-state index in [1.54, 1.807) is 6.07 Å². The third kappa shape index (κ3) is 3.22. The quantitative estimate of drug-likeness (QED) is 0.774. The van der Waals surface area contributed by atoms with E-state index in [1.165, 1.54) is 51.7 Å². The first kappa shape index (κ1) is 19.5. The minimum Gasteiger partial charge on any atom is -0.493 e. The monoisotopic (exact) mass is 406 g/mol. The summed E-state index contributed by atoms with van der Waals surface area (Å²) < 4.78 is 41.2. The SMILES string of the molecule is COc1cc(NC(=O)CN2C(=O)c3ccccc3S2(=O)=O)cc(OC)c1OC. The standard InChI is InChI=1S/C18H18N2O7S/c1-25-13-8-11(9-14(26-2)17(13)27-3)19-16(21)10-20-18(22)12-6-4-5-7-15(12)28(20,23)24/h4-9H,10H2,1-3H3,(H,19,21). The minimum atomic E-state index is -4.07. The number of carbonyl (C=O) groups excluding carboxylic acids is 2. The molecule has 148 valence electrons. The summed E-state index contributed by atoms with van der Waals surface area (Å²) in [5, 5.41) is 2.54. The van der Waals surface area contributed by atoms with E-state index >= 15 is 0 Å². The van der Waals surface area contributed by atoms with E-state index in [4.69, 9.17) is 14.2 Å². The summed E-state index contributed by atoms with van der Waals surface area (Å²) in [5.41, 5.74) is 0.337. The highest BCUT2D eigenvalue weighted by Gasteiger charge is 2.41. The second kappa shape index (κ2) is 7.39. The van der Waals surface area contributed by atoms with E-state index in [9.17, 15) is 18.0 Å². The van der Waals surface area contributed by atoms with Gasteiger partial charge in [-0.2, -0.15) is 0 Å². The number of ether oxygens (including phenoxy) is 3. The van der Waals surface area contributed by atoms with Crippen LogP contribution in [0.4, 0.5) is 5.69 Å². The van der Waals surface area contributed by atoms with Crippen molar-refractivity contribution in [3.63, 3.8) is 0 Å². The molecule has 2 amide bonds. The van der Waals surface area contributed by atoms with Crippen LogP contribution in [0.5, 0.6) is 17.2 Å². The molecule has 0 saturated heterocycles. The summed E-state index contributed by atoms with van der Waals surface area (Å²) in [6.45, 7) is -0.660. The van der Waals surface area contributed by atoms with Crippen molar-refractivity contribution in [3.8, 4) is 17.2 Å². The molecule has 0 saturated carbocycles. The molecule has 28 heavy (non-hydrogen) atoms. The first-order valence-corrected chi connectivity index (χ1v) is 9.53. The maximum absolute atomic E-state index is 12.5. The molecule has 0 aromatic heterocycles. The minimum absolute atomic E-state index is 0.0445. The molecule has 3 rings (SSSR count). The molecular formula is C18H18N2O7S. The van der Waals surface area contributed by atoms with Crippen molar-refractivity contribution in [2.45, 2.75) is 4.90 Å². The zero-order valence-corrected chi connectivity index (χ0v) is 16.2. The topological polar surface area (TPSA) is 111 Å². The maximum atomic E-state index is 12.5. The Morgan fingerprint density at radius 1 is 1.04 bits per heavy atom. The van der Waals surface area contributed by atoms with Crippen LogP contribution in [0, 0.1) is 0 Å². The number of nitrogens with one attached hydrogen (secondary N) is 1. The molecule has 1 aliphatic rings. The Kier molecular flexibility index (Phi) is 5.14. The van der Waals surface area contributed by atoms with E-state index in [0.29, 0.717) is 27.2 Å². The number of hydrogen-bond donors (Lipinski definition) is 1. The van der Waals surface area contributed by atoms with E-state index < -0.39 is 28.4 Å². The lowest BCUT2D eigenvalue weighted by molar-refractivity contribution is -0.116. The third-order valence-electron chi connectivity index (χ3n) is 4.15. The first-order valence-electron chi connectivity index (χ1n) is 8.09. The lowest BCUT2D eigenvalue weighted by Crippen LogP contribution is -2.37. The second-order valence-electron chi connectivity index (χ2n) is 5.78. The molecule has 10 heteroatoms. The van der Waals surface area contributed by atoms with E-state index in [0.717, 1.165) is 0 Å². The van der Waals surface area contributed by atoms with Crippen molar-refractivity contribution in [2.24, 2.45) is 0 Å². The number of benzene rings is 2. The van der Waals surface area contributed by atoms with Crippen molar-refractivity contribution >= 4 is 27.5 Å². The zero-order chi connectivity index (χ0) is 20.5. The van der Waals surface area contributed by atoms with Crippen LogP contribution in [0.1, 0.15) is 10.4 Å². The third-order valence-corrected chi connectivity index (χ3v) is 5.93. The highest BCUT2D eigenvalue weighted by molar-refractivity contribution is 7.90. The molecular weight excluding hydrogens is 388 g/mol. The molecule has 0 spiro atoms. The van der Waals surface area contributed by atoms with Gasteiger partial charge in [-0.05, 0) is 12.1 Å². The molecule has 1 N–H and O–H groups in total. The smallest absolute Gasteiger partial charge is 0.269 e. The molecule has 0 bridgehead atoms. The summed E-state index contributed by atoms with van der Waals surface area (Å²) in [4.78, 5) is 24.7. The Bertz CT molecular complexity index is 1020. The number of carbonyl (C=O) groups is 2. The van der Waals surface area contributed by atoms with Gasteiger partial charge >= 0.3 is 0 Å². The highest BCUT2D eigenvalue weighted by atomic mass is 32.2. The number of nitrogens with zero attached hydrogens (tertiary/aromatic N) is 1. The Morgan fingerprint density at radius 3 is 2.18 bits per heavy atom. The lowest BCUT2D eigenvalue weighted by Gasteiger charge is -2.17. The van der Waals surface area contributed by atoms with Gasteiger partial charge in [0.15, 0.2) is 11.5 Å². The fourth-order valence-corrected chi connectivity index (χ4v) is 4.40. The van der Waals surface area contributed by atoms with Crippen LogP contribution in [0.3, 0.4) is 0 Å². The van der Waals surface area contributed by atoms with Gasteiger partial charge in [-0.25, -0.2) is 12.7 Å². The first-order chi connectivity index (χ1) is 13.3. The van der Waals surface area contributed by atoms with Gasteiger partial charge in [-0.1, -0.05) is 12.1 Å². The fourth-order valence-electron chi connectivity index (χ4n) is 2.87. The van der Waals surface area contributed by atoms with Gasteiger partial charge < -0.3 is 19.5 Å². The molecule has 9 nitrogen and oxygen atoms in total. The fraction of sp³-hybridized carbons (Fsp3) is 0.222. The normalized spacial score (nSPS) is 14.4. The van der Waals surface area contributed by atoms with Crippen molar-refractivity contribution in [1.82, 2.24) is 4.31 Å². The summed E-state index contributed by atoms with van der Waals surface area (Å²) >= 11 is 0. The van der Waals surface area contributed by atoms with Gasteiger partial charge in [0, 0.05) is 17.8 Å². The largest absolute Gasteiger partial charge is 0.493 e.